The van der Waals surface area contributed by atoms with Crippen LogP contribution in [0, 0.1) is 11.3 Å². The number of aromatic hydroxyl groups is 1. The highest BCUT2D eigenvalue weighted by molar-refractivity contribution is 5.82. The van der Waals surface area contributed by atoms with E-state index in [-0.39, 0.29) is 23.0 Å². The third-order valence-corrected chi connectivity index (χ3v) is 6.02. The maximum absolute atomic E-state index is 12.4. The molecule has 2 N–H and O–H groups in total. The number of furan rings is 1. The van der Waals surface area contributed by atoms with E-state index >= 15 is 0 Å². The number of hydrogen-bond donors (Lipinski definition) is 2. The quantitative estimate of drug-likeness (QED) is 0.818. The normalized spacial score (nSPS) is 21.1. The van der Waals surface area contributed by atoms with Crippen molar-refractivity contribution >= 4 is 5.91 Å². The van der Waals surface area contributed by atoms with Crippen LogP contribution in [-0.2, 0) is 17.9 Å². The summed E-state index contributed by atoms with van der Waals surface area (Å²) in [6.07, 6.45) is 4.72. The standard InChI is InChI=1S/C21H26N2O4/c1-26-19-5-4-15(11-18(19)24)14-23-8-6-21(7-9-23)12-17(21)20(25)22-13-16-3-2-10-27-16/h2-5,10-11,17,24H,6-9,12-14H2,1H3,(H,22,25). The molecule has 1 amide bonds. The van der Waals surface area contributed by atoms with Crippen LogP contribution in [0.1, 0.15) is 30.6 Å². The van der Waals surface area contributed by atoms with E-state index < -0.39 is 0 Å². The lowest BCUT2D eigenvalue weighted by molar-refractivity contribution is -0.123. The molecule has 2 aliphatic rings. The number of rotatable bonds is 6. The molecular formula is C21H26N2O4. The van der Waals surface area contributed by atoms with Crippen molar-refractivity contribution < 1.29 is 19.1 Å². The summed E-state index contributed by atoms with van der Waals surface area (Å²) < 4.78 is 10.4. The third-order valence-electron chi connectivity index (χ3n) is 6.02. The molecule has 2 fully saturated rings. The Morgan fingerprint density at radius 2 is 2.19 bits per heavy atom. The Morgan fingerprint density at radius 1 is 1.37 bits per heavy atom. The van der Waals surface area contributed by atoms with Gasteiger partial charge in [0, 0.05) is 12.5 Å². The van der Waals surface area contributed by atoms with Crippen molar-refractivity contribution in [2.45, 2.75) is 32.4 Å². The smallest absolute Gasteiger partial charge is 0.224 e. The summed E-state index contributed by atoms with van der Waals surface area (Å²) in [6.45, 7) is 3.23. The number of hydrogen-bond acceptors (Lipinski definition) is 5. The van der Waals surface area contributed by atoms with Gasteiger partial charge in [0.1, 0.15) is 5.76 Å². The number of amides is 1. The highest BCUT2D eigenvalue weighted by atomic mass is 16.5. The summed E-state index contributed by atoms with van der Waals surface area (Å²) in [7, 11) is 1.55. The molecule has 0 bridgehead atoms. The van der Waals surface area contributed by atoms with Crippen LogP contribution < -0.4 is 10.1 Å². The van der Waals surface area contributed by atoms with Crippen molar-refractivity contribution in [3.63, 3.8) is 0 Å². The van der Waals surface area contributed by atoms with Gasteiger partial charge in [-0.25, -0.2) is 0 Å². The molecule has 1 atom stereocenters. The number of nitrogens with zero attached hydrogens (tertiary/aromatic N) is 1. The molecule has 27 heavy (non-hydrogen) atoms. The Labute approximate surface area is 159 Å². The fourth-order valence-corrected chi connectivity index (χ4v) is 4.23. The Morgan fingerprint density at radius 3 is 2.85 bits per heavy atom. The van der Waals surface area contributed by atoms with Crippen LogP contribution >= 0.6 is 0 Å². The zero-order valence-electron chi connectivity index (χ0n) is 15.6. The van der Waals surface area contributed by atoms with Crippen molar-refractivity contribution in [2.75, 3.05) is 20.2 Å². The molecule has 2 heterocycles. The predicted molar refractivity (Wildman–Crippen MR) is 100 cm³/mol. The average Bonchev–Trinajstić information content (AvgIpc) is 3.11. The zero-order chi connectivity index (χ0) is 18.9. The SMILES string of the molecule is COc1ccc(CN2CCC3(CC2)CC3C(=O)NCc2ccco2)cc1O. The van der Waals surface area contributed by atoms with E-state index in [2.05, 4.69) is 10.2 Å². The van der Waals surface area contributed by atoms with Crippen LogP contribution in [0.15, 0.2) is 41.0 Å². The molecule has 6 nitrogen and oxygen atoms in total. The van der Waals surface area contributed by atoms with Crippen LogP contribution in [0.3, 0.4) is 0 Å². The first-order valence-electron chi connectivity index (χ1n) is 9.48. The number of phenols is 1. The maximum Gasteiger partial charge on any atom is 0.224 e. The van der Waals surface area contributed by atoms with Gasteiger partial charge in [0.15, 0.2) is 11.5 Å². The molecule has 1 aromatic carbocycles. The zero-order valence-corrected chi connectivity index (χ0v) is 15.6. The van der Waals surface area contributed by atoms with Crippen LogP contribution in [0.4, 0.5) is 0 Å². The number of methoxy groups -OCH3 is 1. The first-order chi connectivity index (χ1) is 13.1. The number of piperidine rings is 1. The lowest BCUT2D eigenvalue weighted by atomic mass is 9.90. The molecule has 1 unspecified atom stereocenters. The van der Waals surface area contributed by atoms with Gasteiger partial charge in [-0.05, 0) is 67.6 Å². The Hall–Kier alpha value is -2.47. The second kappa shape index (κ2) is 7.27. The van der Waals surface area contributed by atoms with Crippen LogP contribution in [0.25, 0.3) is 0 Å². The highest BCUT2D eigenvalue weighted by Crippen LogP contribution is 2.59. The number of phenolic OH excluding ortho intramolecular Hbond substituents is 1. The van der Waals surface area contributed by atoms with E-state index in [1.165, 1.54) is 0 Å². The molecule has 2 aromatic rings. The second-order valence-electron chi connectivity index (χ2n) is 7.70. The van der Waals surface area contributed by atoms with Gasteiger partial charge in [0.25, 0.3) is 0 Å². The van der Waals surface area contributed by atoms with Crippen molar-refractivity contribution in [1.82, 2.24) is 10.2 Å². The van der Waals surface area contributed by atoms with Gasteiger partial charge >= 0.3 is 0 Å². The van der Waals surface area contributed by atoms with Crippen molar-refractivity contribution in [3.8, 4) is 11.5 Å². The summed E-state index contributed by atoms with van der Waals surface area (Å²) in [6, 6.07) is 9.27. The molecule has 1 aliphatic carbocycles. The minimum absolute atomic E-state index is 0.139. The van der Waals surface area contributed by atoms with Gasteiger partial charge in [-0.2, -0.15) is 0 Å². The van der Waals surface area contributed by atoms with Gasteiger partial charge in [0.2, 0.25) is 5.91 Å². The molecule has 1 saturated carbocycles. The van der Waals surface area contributed by atoms with Crippen LogP contribution in [-0.4, -0.2) is 36.1 Å². The summed E-state index contributed by atoms with van der Waals surface area (Å²) in [5.41, 5.74) is 1.26. The number of carbonyl (C=O) groups excluding carboxylic acids is 1. The first-order valence-corrected chi connectivity index (χ1v) is 9.48. The molecular weight excluding hydrogens is 344 g/mol. The Bertz CT molecular complexity index is 795. The fraction of sp³-hybridized carbons (Fsp3) is 0.476. The van der Waals surface area contributed by atoms with Crippen molar-refractivity contribution in [3.05, 3.63) is 47.9 Å². The van der Waals surface area contributed by atoms with E-state index in [0.29, 0.717) is 12.3 Å². The lowest BCUT2D eigenvalue weighted by Gasteiger charge is -2.32. The summed E-state index contributed by atoms with van der Waals surface area (Å²) in [5, 5.41) is 12.9. The van der Waals surface area contributed by atoms with E-state index in [4.69, 9.17) is 9.15 Å². The van der Waals surface area contributed by atoms with Gasteiger partial charge in [-0.15, -0.1) is 0 Å². The van der Waals surface area contributed by atoms with Crippen molar-refractivity contribution in [2.24, 2.45) is 11.3 Å². The molecule has 1 spiro atoms. The summed E-state index contributed by atoms with van der Waals surface area (Å²) in [4.78, 5) is 14.8. The van der Waals surface area contributed by atoms with Crippen molar-refractivity contribution in [1.29, 1.82) is 0 Å². The van der Waals surface area contributed by atoms with E-state index in [0.717, 1.165) is 50.2 Å². The van der Waals surface area contributed by atoms with E-state index in [1.54, 1.807) is 25.5 Å². The molecule has 6 heteroatoms. The number of carbonyl (C=O) groups is 1. The number of ether oxygens (including phenoxy) is 1. The maximum atomic E-state index is 12.4. The first kappa shape index (κ1) is 17.9. The minimum atomic E-state index is 0.139. The Balaban J connectivity index is 1.25. The molecule has 1 saturated heterocycles. The monoisotopic (exact) mass is 370 g/mol. The third kappa shape index (κ3) is 3.81. The highest BCUT2D eigenvalue weighted by Gasteiger charge is 2.58. The average molecular weight is 370 g/mol. The topological polar surface area (TPSA) is 74.9 Å². The van der Waals surface area contributed by atoms with Gasteiger partial charge in [0.05, 0.1) is 19.9 Å². The minimum Gasteiger partial charge on any atom is -0.504 e. The lowest BCUT2D eigenvalue weighted by Crippen LogP contribution is -2.36. The van der Waals surface area contributed by atoms with Crippen LogP contribution in [0.5, 0.6) is 11.5 Å². The Kier molecular flexibility index (Phi) is 4.83. The molecule has 4 rings (SSSR count). The predicted octanol–water partition coefficient (Wildman–Crippen LogP) is 2.91. The van der Waals surface area contributed by atoms with Gasteiger partial charge in [-0.3, -0.25) is 9.69 Å². The summed E-state index contributed by atoms with van der Waals surface area (Å²) in [5.74, 6) is 1.76. The number of benzene rings is 1. The number of nitrogens with one attached hydrogen (secondary N) is 1. The summed E-state index contributed by atoms with van der Waals surface area (Å²) >= 11 is 0. The van der Waals surface area contributed by atoms with Crippen LogP contribution in [0.2, 0.25) is 0 Å². The second-order valence-corrected chi connectivity index (χ2v) is 7.70. The number of likely N-dealkylation sites (tertiary alicyclic amines) is 1. The van der Waals surface area contributed by atoms with Gasteiger partial charge in [-0.1, -0.05) is 6.07 Å². The molecule has 144 valence electrons. The van der Waals surface area contributed by atoms with E-state index in [9.17, 15) is 9.90 Å². The molecule has 1 aliphatic heterocycles. The van der Waals surface area contributed by atoms with E-state index in [1.807, 2.05) is 18.2 Å². The fourth-order valence-electron chi connectivity index (χ4n) is 4.23. The largest absolute Gasteiger partial charge is 0.504 e. The molecule has 1 aromatic heterocycles. The molecule has 0 radical (unpaired) electrons. The van der Waals surface area contributed by atoms with Gasteiger partial charge < -0.3 is 19.6 Å².